The number of hydrogen-bond donors (Lipinski definition) is 3. The van der Waals surface area contributed by atoms with E-state index in [-0.39, 0.29) is 19.2 Å². The minimum absolute atomic E-state index is 0.158. The van der Waals surface area contributed by atoms with E-state index in [1.807, 2.05) is 0 Å². The Hall–Kier alpha value is -1.30. The van der Waals surface area contributed by atoms with E-state index in [2.05, 4.69) is 5.32 Å². The van der Waals surface area contributed by atoms with Crippen molar-refractivity contribution in [3.8, 4) is 0 Å². The number of aliphatic carboxylic acids is 1. The number of carbonyl (C=O) groups is 2. The van der Waals surface area contributed by atoms with Gasteiger partial charge in [-0.05, 0) is 25.7 Å². The van der Waals surface area contributed by atoms with E-state index >= 15 is 0 Å². The first kappa shape index (κ1) is 16.7. The molecule has 0 aliphatic rings. The zero-order valence-electron chi connectivity index (χ0n) is 11.2. The second-order valence-electron chi connectivity index (χ2n) is 4.34. The molecule has 3 N–H and O–H groups in total. The van der Waals surface area contributed by atoms with Crippen molar-refractivity contribution in [2.24, 2.45) is 5.92 Å². The number of nitrogens with one attached hydrogen (secondary N) is 1. The molecule has 18 heavy (non-hydrogen) atoms. The van der Waals surface area contributed by atoms with Crippen molar-refractivity contribution in [3.05, 3.63) is 0 Å². The van der Waals surface area contributed by atoms with Crippen LogP contribution in [-0.4, -0.2) is 53.9 Å². The van der Waals surface area contributed by atoms with Crippen LogP contribution in [0.25, 0.3) is 0 Å². The maximum absolute atomic E-state index is 11.6. The number of amides is 2. The number of unbranched alkanes of at least 4 members (excludes halogenated alkanes) is 2. The molecule has 0 aliphatic carbocycles. The summed E-state index contributed by atoms with van der Waals surface area (Å²) >= 11 is 0. The van der Waals surface area contributed by atoms with Gasteiger partial charge >= 0.3 is 12.0 Å². The van der Waals surface area contributed by atoms with Crippen LogP contribution in [0.4, 0.5) is 4.79 Å². The molecule has 6 heteroatoms. The van der Waals surface area contributed by atoms with Crippen LogP contribution in [0.2, 0.25) is 0 Å². The minimum atomic E-state index is -0.886. The van der Waals surface area contributed by atoms with Gasteiger partial charge < -0.3 is 20.4 Å². The van der Waals surface area contributed by atoms with E-state index in [0.29, 0.717) is 13.0 Å². The third kappa shape index (κ3) is 7.11. The molecule has 1 atom stereocenters. The lowest BCUT2D eigenvalue weighted by molar-refractivity contribution is -0.141. The molecule has 0 spiro atoms. The number of carbonyl (C=O) groups excluding carboxylic acids is 1. The van der Waals surface area contributed by atoms with Crippen molar-refractivity contribution in [3.63, 3.8) is 0 Å². The first-order valence-electron chi connectivity index (χ1n) is 6.35. The smallest absolute Gasteiger partial charge is 0.317 e. The van der Waals surface area contributed by atoms with Gasteiger partial charge in [-0.3, -0.25) is 4.79 Å². The fraction of sp³-hybridized carbons (Fsp3) is 0.833. The van der Waals surface area contributed by atoms with Crippen molar-refractivity contribution in [2.75, 3.05) is 26.7 Å². The summed E-state index contributed by atoms with van der Waals surface area (Å²) in [7, 11) is 1.68. The molecular weight excluding hydrogens is 236 g/mol. The highest BCUT2D eigenvalue weighted by atomic mass is 16.4. The van der Waals surface area contributed by atoms with Crippen LogP contribution in [0.5, 0.6) is 0 Å². The number of nitrogens with zero attached hydrogens (tertiary/aromatic N) is 1. The van der Waals surface area contributed by atoms with Crippen molar-refractivity contribution < 1.29 is 19.8 Å². The molecular formula is C12H24N2O4. The molecule has 0 bridgehead atoms. The molecule has 0 aromatic carbocycles. The topological polar surface area (TPSA) is 89.9 Å². The maximum atomic E-state index is 11.6. The van der Waals surface area contributed by atoms with Crippen molar-refractivity contribution in [1.29, 1.82) is 0 Å². The predicted molar refractivity (Wildman–Crippen MR) is 68.4 cm³/mol. The molecule has 2 amide bonds. The molecule has 0 fully saturated rings. The van der Waals surface area contributed by atoms with Gasteiger partial charge in [-0.1, -0.05) is 6.92 Å². The number of aliphatic hydroxyl groups excluding tert-OH is 1. The molecule has 0 aliphatic heterocycles. The van der Waals surface area contributed by atoms with Crippen LogP contribution in [0.1, 0.15) is 32.6 Å². The first-order chi connectivity index (χ1) is 8.52. The molecule has 0 rings (SSSR count). The Kier molecular flexibility index (Phi) is 9.00. The Morgan fingerprint density at radius 1 is 1.28 bits per heavy atom. The fourth-order valence-corrected chi connectivity index (χ4v) is 1.49. The summed E-state index contributed by atoms with van der Waals surface area (Å²) < 4.78 is 0. The standard InChI is InChI=1S/C12H24N2O4/c1-3-10(11(16)17)9-13-12(18)14(2)7-5-4-6-8-15/h10,15H,3-9H2,1-2H3,(H,13,18)(H,16,17). The third-order valence-electron chi connectivity index (χ3n) is 2.84. The first-order valence-corrected chi connectivity index (χ1v) is 6.35. The highest BCUT2D eigenvalue weighted by molar-refractivity contribution is 5.75. The zero-order chi connectivity index (χ0) is 14.0. The Balaban J connectivity index is 3.83. The highest BCUT2D eigenvalue weighted by Gasteiger charge is 2.16. The minimum Gasteiger partial charge on any atom is -0.481 e. The lowest BCUT2D eigenvalue weighted by atomic mass is 10.1. The summed E-state index contributed by atoms with van der Waals surface area (Å²) in [5.74, 6) is -1.42. The average Bonchev–Trinajstić information content (AvgIpc) is 2.34. The second-order valence-corrected chi connectivity index (χ2v) is 4.34. The van der Waals surface area contributed by atoms with Crippen LogP contribution in [0, 0.1) is 5.92 Å². The number of carboxylic acids is 1. The maximum Gasteiger partial charge on any atom is 0.317 e. The highest BCUT2D eigenvalue weighted by Crippen LogP contribution is 2.01. The Labute approximate surface area is 108 Å². The summed E-state index contributed by atoms with van der Waals surface area (Å²) in [6, 6.07) is -0.251. The van der Waals surface area contributed by atoms with E-state index < -0.39 is 11.9 Å². The van der Waals surface area contributed by atoms with Crippen LogP contribution in [-0.2, 0) is 4.79 Å². The summed E-state index contributed by atoms with van der Waals surface area (Å²) in [6.07, 6.45) is 2.95. The van der Waals surface area contributed by atoms with Gasteiger partial charge in [0.25, 0.3) is 0 Å². The van der Waals surface area contributed by atoms with Crippen LogP contribution in [0.3, 0.4) is 0 Å². The molecule has 0 saturated heterocycles. The zero-order valence-corrected chi connectivity index (χ0v) is 11.2. The summed E-state index contributed by atoms with van der Waals surface area (Å²) in [4.78, 5) is 23.9. The molecule has 0 heterocycles. The van der Waals surface area contributed by atoms with E-state index in [1.165, 1.54) is 4.90 Å². The predicted octanol–water partition coefficient (Wildman–Crippen LogP) is 0.901. The molecule has 0 saturated carbocycles. The summed E-state index contributed by atoms with van der Waals surface area (Å²) in [6.45, 7) is 2.72. The Morgan fingerprint density at radius 2 is 1.94 bits per heavy atom. The fourth-order valence-electron chi connectivity index (χ4n) is 1.49. The Morgan fingerprint density at radius 3 is 2.44 bits per heavy atom. The lowest BCUT2D eigenvalue weighted by Crippen LogP contribution is -2.41. The van der Waals surface area contributed by atoms with E-state index in [4.69, 9.17) is 10.2 Å². The van der Waals surface area contributed by atoms with Gasteiger partial charge in [0.1, 0.15) is 0 Å². The molecule has 106 valence electrons. The number of urea groups is 1. The Bertz CT molecular complexity index is 258. The second kappa shape index (κ2) is 9.70. The quantitative estimate of drug-likeness (QED) is 0.537. The van der Waals surface area contributed by atoms with Crippen LogP contribution < -0.4 is 5.32 Å². The van der Waals surface area contributed by atoms with E-state index in [0.717, 1.165) is 19.3 Å². The summed E-state index contributed by atoms with van der Waals surface area (Å²) in [5, 5.41) is 20.1. The van der Waals surface area contributed by atoms with Gasteiger partial charge in [0.2, 0.25) is 0 Å². The van der Waals surface area contributed by atoms with Crippen molar-refractivity contribution >= 4 is 12.0 Å². The van der Waals surface area contributed by atoms with Gasteiger partial charge in [-0.25, -0.2) is 4.79 Å². The van der Waals surface area contributed by atoms with Crippen LogP contribution >= 0.6 is 0 Å². The molecule has 6 nitrogen and oxygen atoms in total. The third-order valence-corrected chi connectivity index (χ3v) is 2.84. The summed E-state index contributed by atoms with van der Waals surface area (Å²) in [5.41, 5.74) is 0. The number of carboxylic acid groups (broad SMARTS) is 1. The van der Waals surface area contributed by atoms with Crippen molar-refractivity contribution in [1.82, 2.24) is 10.2 Å². The molecule has 0 aromatic heterocycles. The number of aliphatic hydroxyl groups is 1. The van der Waals surface area contributed by atoms with Crippen molar-refractivity contribution in [2.45, 2.75) is 32.6 Å². The molecule has 1 unspecified atom stereocenters. The molecule has 0 radical (unpaired) electrons. The number of hydrogen-bond acceptors (Lipinski definition) is 3. The van der Waals surface area contributed by atoms with Gasteiger partial charge in [-0.2, -0.15) is 0 Å². The van der Waals surface area contributed by atoms with Gasteiger partial charge in [0.05, 0.1) is 5.92 Å². The van der Waals surface area contributed by atoms with Gasteiger partial charge in [-0.15, -0.1) is 0 Å². The average molecular weight is 260 g/mol. The monoisotopic (exact) mass is 260 g/mol. The number of rotatable bonds is 9. The normalized spacial score (nSPS) is 11.9. The SMILES string of the molecule is CCC(CNC(=O)N(C)CCCCCO)C(=O)O. The van der Waals surface area contributed by atoms with Crippen LogP contribution in [0.15, 0.2) is 0 Å². The lowest BCUT2D eigenvalue weighted by Gasteiger charge is -2.19. The van der Waals surface area contributed by atoms with Gasteiger partial charge in [0, 0.05) is 26.7 Å². The van der Waals surface area contributed by atoms with Gasteiger partial charge in [0.15, 0.2) is 0 Å². The molecule has 0 aromatic rings. The van der Waals surface area contributed by atoms with E-state index in [1.54, 1.807) is 14.0 Å². The largest absolute Gasteiger partial charge is 0.481 e. The van der Waals surface area contributed by atoms with E-state index in [9.17, 15) is 9.59 Å².